The fourth-order valence-corrected chi connectivity index (χ4v) is 2.54. The smallest absolute Gasteiger partial charge is 0.273 e. The highest BCUT2D eigenvalue weighted by Gasteiger charge is 2.19. The summed E-state index contributed by atoms with van der Waals surface area (Å²) in [6.45, 7) is 7.88. The zero-order valence-electron chi connectivity index (χ0n) is 16.3. The summed E-state index contributed by atoms with van der Waals surface area (Å²) < 4.78 is 5.59. The van der Waals surface area contributed by atoms with E-state index in [2.05, 4.69) is 10.9 Å². The van der Waals surface area contributed by atoms with Crippen molar-refractivity contribution in [1.29, 1.82) is 0 Å². The van der Waals surface area contributed by atoms with Crippen LogP contribution in [-0.4, -0.2) is 23.5 Å². The van der Waals surface area contributed by atoms with Gasteiger partial charge in [-0.25, -0.2) is 0 Å². The van der Waals surface area contributed by atoms with Crippen LogP contribution in [0.2, 0.25) is 0 Å². The second kappa shape index (κ2) is 11.6. The van der Waals surface area contributed by atoms with Crippen LogP contribution in [0.25, 0.3) is 0 Å². The normalized spacial score (nSPS) is 12.5. The summed E-state index contributed by atoms with van der Waals surface area (Å²) in [5.41, 5.74) is 6.70. The summed E-state index contributed by atoms with van der Waals surface area (Å²) in [5, 5.41) is 9.46. The van der Waals surface area contributed by atoms with Crippen molar-refractivity contribution in [2.45, 2.75) is 40.5 Å². The molecule has 6 heteroatoms. The van der Waals surface area contributed by atoms with Gasteiger partial charge in [-0.3, -0.25) is 20.4 Å². The zero-order chi connectivity index (χ0) is 20.2. The summed E-state index contributed by atoms with van der Waals surface area (Å²) >= 11 is 0. The van der Waals surface area contributed by atoms with E-state index in [-0.39, 0.29) is 12.2 Å². The van der Waals surface area contributed by atoms with Crippen molar-refractivity contribution in [3.63, 3.8) is 0 Å². The molecule has 27 heavy (non-hydrogen) atoms. The first-order valence-corrected chi connectivity index (χ1v) is 8.99. The highest BCUT2D eigenvalue weighted by Crippen LogP contribution is 2.20. The average Bonchev–Trinajstić information content (AvgIpc) is 2.65. The molecule has 146 valence electrons. The molecule has 0 aliphatic carbocycles. The minimum absolute atomic E-state index is 0.0329. The molecule has 1 rings (SSSR count). The second-order valence-corrected chi connectivity index (χ2v) is 5.69. The molecule has 2 amide bonds. The van der Waals surface area contributed by atoms with Gasteiger partial charge in [-0.05, 0) is 56.5 Å². The third-order valence-electron chi connectivity index (χ3n) is 3.70. The Morgan fingerprint density at radius 1 is 1.19 bits per heavy atom. The summed E-state index contributed by atoms with van der Waals surface area (Å²) in [4.78, 5) is 24.8. The van der Waals surface area contributed by atoms with Crippen LogP contribution in [0.5, 0.6) is 5.75 Å². The number of nitrogens with one attached hydrogen (secondary N) is 2. The maximum absolute atomic E-state index is 12.7. The van der Waals surface area contributed by atoms with E-state index in [4.69, 9.17) is 4.74 Å². The highest BCUT2D eigenvalue weighted by molar-refractivity contribution is 5.99. The van der Waals surface area contributed by atoms with Crippen LogP contribution < -0.4 is 10.9 Å². The van der Waals surface area contributed by atoms with Gasteiger partial charge in [-0.15, -0.1) is 0 Å². The molecular weight excluding hydrogens is 344 g/mol. The van der Waals surface area contributed by atoms with Gasteiger partial charge < -0.3 is 9.84 Å². The number of phenolic OH excluding ortho intramolecular Hbond substituents is 1. The third-order valence-corrected chi connectivity index (χ3v) is 3.70. The van der Waals surface area contributed by atoms with Gasteiger partial charge in [0.15, 0.2) is 0 Å². The maximum atomic E-state index is 12.7. The molecule has 1 aromatic rings. The number of rotatable bonds is 8. The van der Waals surface area contributed by atoms with E-state index < -0.39 is 11.8 Å². The molecule has 0 spiro atoms. The van der Waals surface area contributed by atoms with Gasteiger partial charge in [0.05, 0.1) is 18.6 Å². The Labute approximate surface area is 160 Å². The number of hydrogen-bond donors (Lipinski definition) is 3. The Balaban J connectivity index is 2.91. The van der Waals surface area contributed by atoms with Crippen molar-refractivity contribution in [3.8, 4) is 5.75 Å². The fraction of sp³-hybridized carbons (Fsp3) is 0.333. The molecule has 0 fully saturated rings. The van der Waals surface area contributed by atoms with Gasteiger partial charge in [0, 0.05) is 0 Å². The Morgan fingerprint density at radius 3 is 2.48 bits per heavy atom. The molecule has 0 bridgehead atoms. The van der Waals surface area contributed by atoms with Crippen LogP contribution >= 0.6 is 0 Å². The summed E-state index contributed by atoms with van der Waals surface area (Å²) in [6, 6.07) is 6.41. The van der Waals surface area contributed by atoms with Crippen LogP contribution in [0.4, 0.5) is 0 Å². The van der Waals surface area contributed by atoms with Crippen molar-refractivity contribution in [2.24, 2.45) is 0 Å². The van der Waals surface area contributed by atoms with Gasteiger partial charge in [0.25, 0.3) is 5.91 Å². The number of allylic oxidation sites excluding steroid dienone is 4. The summed E-state index contributed by atoms with van der Waals surface area (Å²) in [5.74, 6) is -0.290. The number of benzene rings is 1. The molecule has 6 nitrogen and oxygen atoms in total. The predicted molar refractivity (Wildman–Crippen MR) is 106 cm³/mol. The quantitative estimate of drug-likeness (QED) is 0.283. The second-order valence-electron chi connectivity index (χ2n) is 5.69. The maximum Gasteiger partial charge on any atom is 0.273 e. The molecule has 0 saturated carbocycles. The SMILES string of the molecule is C\C=C/C(CC)=C(C(=O)NNC(=O)Cc1cccc(O)c1)/C(=C\C)OCC. The van der Waals surface area contributed by atoms with E-state index in [0.717, 1.165) is 5.57 Å². The lowest BCUT2D eigenvalue weighted by molar-refractivity contribution is -0.126. The lowest BCUT2D eigenvalue weighted by Gasteiger charge is -2.16. The van der Waals surface area contributed by atoms with Crippen LogP contribution in [-0.2, 0) is 20.7 Å². The fourth-order valence-electron chi connectivity index (χ4n) is 2.54. The Hall–Kier alpha value is -3.02. The van der Waals surface area contributed by atoms with E-state index in [1.54, 1.807) is 25.1 Å². The van der Waals surface area contributed by atoms with E-state index in [1.165, 1.54) is 12.1 Å². The highest BCUT2D eigenvalue weighted by atomic mass is 16.5. The van der Waals surface area contributed by atoms with Crippen LogP contribution in [0.3, 0.4) is 0 Å². The largest absolute Gasteiger partial charge is 0.508 e. The molecule has 0 heterocycles. The lowest BCUT2D eigenvalue weighted by Crippen LogP contribution is -2.43. The minimum Gasteiger partial charge on any atom is -0.508 e. The minimum atomic E-state index is -0.448. The van der Waals surface area contributed by atoms with Gasteiger partial charge in [-0.2, -0.15) is 0 Å². The molecule has 0 aliphatic heterocycles. The van der Waals surface area contributed by atoms with Gasteiger partial charge in [0.2, 0.25) is 5.91 Å². The molecule has 0 saturated heterocycles. The lowest BCUT2D eigenvalue weighted by atomic mass is 10.0. The Morgan fingerprint density at radius 2 is 1.93 bits per heavy atom. The molecule has 0 atom stereocenters. The average molecular weight is 372 g/mol. The van der Waals surface area contributed by atoms with Gasteiger partial charge >= 0.3 is 0 Å². The summed E-state index contributed by atoms with van der Waals surface area (Å²) in [6.07, 6.45) is 6.10. The van der Waals surface area contributed by atoms with Crippen LogP contribution in [0.1, 0.15) is 39.7 Å². The molecule has 0 aliphatic rings. The van der Waals surface area contributed by atoms with Gasteiger partial charge in [-0.1, -0.05) is 31.2 Å². The molecule has 0 unspecified atom stereocenters. The Kier molecular flexibility index (Phi) is 9.43. The van der Waals surface area contributed by atoms with Crippen molar-refractivity contribution in [1.82, 2.24) is 10.9 Å². The summed E-state index contributed by atoms with van der Waals surface area (Å²) in [7, 11) is 0. The number of ether oxygens (including phenoxy) is 1. The number of aromatic hydroxyl groups is 1. The van der Waals surface area contributed by atoms with Crippen molar-refractivity contribution >= 4 is 11.8 Å². The number of hydrazine groups is 1. The zero-order valence-corrected chi connectivity index (χ0v) is 16.3. The standard InChI is InChI=1S/C21H28N2O4/c1-5-10-16(6-2)20(18(7-3)27-8-4)21(26)23-22-19(25)14-15-11-9-12-17(24)13-15/h5,7,9-13,24H,6,8,14H2,1-4H3,(H,22,25)(H,23,26)/b10-5-,18-7+,20-16-. The number of carbonyl (C=O) groups is 2. The molecule has 1 aromatic carbocycles. The number of carbonyl (C=O) groups excluding carboxylic acids is 2. The molecule has 0 radical (unpaired) electrons. The number of amides is 2. The first-order valence-electron chi connectivity index (χ1n) is 8.99. The van der Waals surface area contributed by atoms with E-state index in [9.17, 15) is 14.7 Å². The topological polar surface area (TPSA) is 87.7 Å². The third kappa shape index (κ3) is 7.01. The van der Waals surface area contributed by atoms with E-state index in [1.807, 2.05) is 32.9 Å². The molecule has 3 N–H and O–H groups in total. The first-order chi connectivity index (χ1) is 13.0. The number of phenols is 1. The van der Waals surface area contributed by atoms with E-state index in [0.29, 0.717) is 29.9 Å². The number of hydrogen-bond acceptors (Lipinski definition) is 4. The van der Waals surface area contributed by atoms with Crippen molar-refractivity contribution in [3.05, 3.63) is 65.0 Å². The first kappa shape index (κ1) is 22.0. The predicted octanol–water partition coefficient (Wildman–Crippen LogP) is 3.31. The van der Waals surface area contributed by atoms with Gasteiger partial charge in [0.1, 0.15) is 11.5 Å². The van der Waals surface area contributed by atoms with Crippen LogP contribution in [0, 0.1) is 0 Å². The monoisotopic (exact) mass is 372 g/mol. The molecular formula is C21H28N2O4. The van der Waals surface area contributed by atoms with Crippen LogP contribution in [0.15, 0.2) is 59.4 Å². The Bertz CT molecular complexity index is 748. The van der Waals surface area contributed by atoms with Crippen molar-refractivity contribution < 1.29 is 19.4 Å². The van der Waals surface area contributed by atoms with Crippen molar-refractivity contribution in [2.75, 3.05) is 6.61 Å². The molecule has 0 aromatic heterocycles. The van der Waals surface area contributed by atoms with E-state index >= 15 is 0 Å².